The molecule has 0 radical (unpaired) electrons. The highest BCUT2D eigenvalue weighted by atomic mass is 32.1. The van der Waals surface area contributed by atoms with E-state index >= 15 is 0 Å². The molecule has 0 spiro atoms. The standard InChI is InChI=1S/C24H22N4O3S2/c29-21(28-17(20-9-5-11-32-20)12-16(26-28)18-7-4-10-31-18)13-27-14-25-23-22(24(27)30)15-6-2-1-3-8-19(15)33-23/h4-5,7,9-11,14,17H,1-3,6,8,12-13H2. The summed E-state index contributed by atoms with van der Waals surface area (Å²) >= 11 is 3.22. The molecule has 2 aliphatic rings. The van der Waals surface area contributed by atoms with Crippen molar-refractivity contribution in [1.82, 2.24) is 14.6 Å². The molecular formula is C24H22N4O3S2. The van der Waals surface area contributed by atoms with Crippen molar-refractivity contribution in [3.05, 3.63) is 73.7 Å². The van der Waals surface area contributed by atoms with E-state index in [2.05, 4.69) is 10.1 Å². The number of hydrogen-bond acceptors (Lipinski definition) is 7. The second kappa shape index (κ2) is 8.39. The molecule has 5 heterocycles. The number of nitrogens with zero attached hydrogens (tertiary/aromatic N) is 4. The van der Waals surface area contributed by atoms with Gasteiger partial charge in [0.25, 0.3) is 11.5 Å². The van der Waals surface area contributed by atoms with Gasteiger partial charge in [-0.05, 0) is 54.8 Å². The first-order valence-electron chi connectivity index (χ1n) is 11.2. The van der Waals surface area contributed by atoms with Gasteiger partial charge in [0, 0.05) is 16.2 Å². The molecule has 7 nitrogen and oxygen atoms in total. The number of furan rings is 1. The summed E-state index contributed by atoms with van der Waals surface area (Å²) < 4.78 is 6.96. The van der Waals surface area contributed by atoms with Crippen LogP contribution in [0.25, 0.3) is 10.2 Å². The van der Waals surface area contributed by atoms with Crippen LogP contribution in [0.4, 0.5) is 0 Å². The molecule has 33 heavy (non-hydrogen) atoms. The van der Waals surface area contributed by atoms with Crippen molar-refractivity contribution in [2.24, 2.45) is 5.10 Å². The molecule has 1 unspecified atom stereocenters. The molecule has 4 aromatic heterocycles. The number of amides is 1. The fourth-order valence-electron chi connectivity index (χ4n) is 4.72. The minimum atomic E-state index is -0.237. The summed E-state index contributed by atoms with van der Waals surface area (Å²) in [4.78, 5) is 34.5. The third-order valence-electron chi connectivity index (χ3n) is 6.34. The van der Waals surface area contributed by atoms with Gasteiger partial charge in [0.15, 0.2) is 0 Å². The van der Waals surface area contributed by atoms with Gasteiger partial charge in [-0.15, -0.1) is 22.7 Å². The first-order valence-corrected chi connectivity index (χ1v) is 12.8. The lowest BCUT2D eigenvalue weighted by atomic mass is 10.1. The second-order valence-electron chi connectivity index (χ2n) is 8.42. The van der Waals surface area contributed by atoms with Crippen molar-refractivity contribution in [3.8, 4) is 0 Å². The van der Waals surface area contributed by atoms with Crippen LogP contribution in [0.2, 0.25) is 0 Å². The minimum Gasteiger partial charge on any atom is -0.463 e. The molecule has 6 rings (SSSR count). The van der Waals surface area contributed by atoms with E-state index < -0.39 is 0 Å². The normalized spacial score (nSPS) is 18.4. The van der Waals surface area contributed by atoms with Crippen molar-refractivity contribution in [2.45, 2.75) is 51.1 Å². The van der Waals surface area contributed by atoms with Crippen molar-refractivity contribution >= 4 is 44.5 Å². The average Bonchev–Trinajstić information content (AvgIpc) is 3.60. The van der Waals surface area contributed by atoms with Crippen LogP contribution in [0, 0.1) is 0 Å². The molecule has 1 aliphatic carbocycles. The number of carbonyl (C=O) groups is 1. The highest BCUT2D eigenvalue weighted by Gasteiger charge is 2.35. The highest BCUT2D eigenvalue weighted by Crippen LogP contribution is 2.36. The predicted octanol–water partition coefficient (Wildman–Crippen LogP) is 4.76. The molecular weight excluding hydrogens is 456 g/mol. The van der Waals surface area contributed by atoms with Crippen molar-refractivity contribution in [1.29, 1.82) is 0 Å². The van der Waals surface area contributed by atoms with Crippen LogP contribution in [0.15, 0.2) is 56.5 Å². The SMILES string of the molecule is O=C(Cn1cnc2sc3c(c2c1=O)CCCCC3)N1N=C(c2ccco2)CC1c1cccs1. The van der Waals surface area contributed by atoms with E-state index in [4.69, 9.17) is 4.42 Å². The zero-order valence-electron chi connectivity index (χ0n) is 17.9. The fraction of sp³-hybridized carbons (Fsp3) is 0.333. The molecule has 4 aromatic rings. The van der Waals surface area contributed by atoms with Gasteiger partial charge in [0.1, 0.15) is 22.8 Å². The number of aryl methyl sites for hydroxylation is 2. The average molecular weight is 479 g/mol. The number of aromatic nitrogens is 2. The maximum Gasteiger partial charge on any atom is 0.263 e. The number of fused-ring (bicyclic) bond motifs is 3. The number of carbonyl (C=O) groups excluding carboxylic acids is 1. The molecule has 0 saturated carbocycles. The van der Waals surface area contributed by atoms with Crippen LogP contribution in [-0.4, -0.2) is 26.2 Å². The molecule has 168 valence electrons. The van der Waals surface area contributed by atoms with Crippen LogP contribution in [-0.2, 0) is 24.2 Å². The van der Waals surface area contributed by atoms with E-state index in [9.17, 15) is 9.59 Å². The summed E-state index contributed by atoms with van der Waals surface area (Å²) in [5, 5.41) is 8.81. The van der Waals surface area contributed by atoms with Crippen LogP contribution < -0.4 is 5.56 Å². The summed E-state index contributed by atoms with van der Waals surface area (Å²) in [5.41, 5.74) is 1.74. The van der Waals surface area contributed by atoms with Gasteiger partial charge in [0.2, 0.25) is 0 Å². The zero-order valence-corrected chi connectivity index (χ0v) is 19.5. The molecule has 0 bridgehead atoms. The summed E-state index contributed by atoms with van der Waals surface area (Å²) in [7, 11) is 0. The van der Waals surface area contributed by atoms with Gasteiger partial charge in [-0.25, -0.2) is 9.99 Å². The first kappa shape index (κ1) is 20.6. The molecule has 0 N–H and O–H groups in total. The van der Waals surface area contributed by atoms with Crippen LogP contribution >= 0.6 is 22.7 Å². The molecule has 0 saturated heterocycles. The van der Waals surface area contributed by atoms with Crippen molar-refractivity contribution < 1.29 is 9.21 Å². The topological polar surface area (TPSA) is 80.7 Å². The lowest BCUT2D eigenvalue weighted by molar-refractivity contribution is -0.133. The van der Waals surface area contributed by atoms with Crippen LogP contribution in [0.3, 0.4) is 0 Å². The van der Waals surface area contributed by atoms with E-state index in [0.717, 1.165) is 46.7 Å². The Morgan fingerprint density at radius 1 is 1.18 bits per heavy atom. The Hall–Kier alpha value is -3.04. The van der Waals surface area contributed by atoms with E-state index in [1.807, 2.05) is 29.6 Å². The van der Waals surface area contributed by atoms with Gasteiger partial charge < -0.3 is 4.42 Å². The number of thiophene rings is 2. The Kier molecular flexibility index (Phi) is 5.22. The van der Waals surface area contributed by atoms with E-state index in [0.29, 0.717) is 17.6 Å². The number of hydrazone groups is 1. The van der Waals surface area contributed by atoms with Crippen molar-refractivity contribution in [3.63, 3.8) is 0 Å². The van der Waals surface area contributed by atoms with Crippen LogP contribution in [0.5, 0.6) is 0 Å². The van der Waals surface area contributed by atoms with Gasteiger partial charge in [-0.1, -0.05) is 12.5 Å². The molecule has 1 aliphatic heterocycles. The third kappa shape index (κ3) is 3.65. The Morgan fingerprint density at radius 3 is 2.91 bits per heavy atom. The summed E-state index contributed by atoms with van der Waals surface area (Å²) in [6.45, 7) is -0.0940. The van der Waals surface area contributed by atoms with Crippen molar-refractivity contribution in [2.75, 3.05) is 0 Å². The third-order valence-corrected chi connectivity index (χ3v) is 8.51. The summed E-state index contributed by atoms with van der Waals surface area (Å²) in [6.07, 6.45) is 9.03. The van der Waals surface area contributed by atoms with E-state index in [1.54, 1.807) is 28.9 Å². The zero-order chi connectivity index (χ0) is 22.4. The molecule has 0 aromatic carbocycles. The molecule has 0 fully saturated rings. The maximum absolute atomic E-state index is 13.4. The van der Waals surface area contributed by atoms with Gasteiger partial charge in [-0.2, -0.15) is 5.10 Å². The van der Waals surface area contributed by atoms with Gasteiger partial charge in [-0.3, -0.25) is 14.2 Å². The Bertz CT molecular complexity index is 1400. The summed E-state index contributed by atoms with van der Waals surface area (Å²) in [6, 6.07) is 7.44. The predicted molar refractivity (Wildman–Crippen MR) is 129 cm³/mol. The first-order chi connectivity index (χ1) is 16.2. The molecule has 1 amide bonds. The van der Waals surface area contributed by atoms with E-state index in [1.165, 1.54) is 27.2 Å². The Labute approximate surface area is 198 Å². The molecule has 1 atom stereocenters. The maximum atomic E-state index is 13.4. The van der Waals surface area contributed by atoms with E-state index in [-0.39, 0.29) is 24.1 Å². The monoisotopic (exact) mass is 478 g/mol. The number of hydrogen-bond donors (Lipinski definition) is 0. The lowest BCUT2D eigenvalue weighted by Gasteiger charge is -2.21. The Morgan fingerprint density at radius 2 is 2.09 bits per heavy atom. The largest absolute Gasteiger partial charge is 0.463 e. The molecule has 9 heteroatoms. The lowest BCUT2D eigenvalue weighted by Crippen LogP contribution is -2.33. The van der Waals surface area contributed by atoms with Gasteiger partial charge >= 0.3 is 0 Å². The summed E-state index contributed by atoms with van der Waals surface area (Å²) in [5.74, 6) is 0.424. The van der Waals surface area contributed by atoms with Gasteiger partial charge in [0.05, 0.1) is 24.0 Å². The Balaban J connectivity index is 1.34. The quantitative estimate of drug-likeness (QED) is 0.396. The fourth-order valence-corrected chi connectivity index (χ4v) is 6.75. The number of rotatable bonds is 4. The second-order valence-corrected chi connectivity index (χ2v) is 10.5. The highest BCUT2D eigenvalue weighted by molar-refractivity contribution is 7.18. The van der Waals surface area contributed by atoms with Crippen LogP contribution in [0.1, 0.15) is 52.8 Å². The smallest absolute Gasteiger partial charge is 0.263 e. The minimum absolute atomic E-state index is 0.0940.